The standard InChI is InChI=1S/C33H33ClF3N7O4S2/c1-50(45,46)42-20-5-2-3-10-44-21(20)14-47-28-24-27(40-32(41-31(24)44)48-15-33-8-4-9-43(33)13-16(35)11-33)26(37)23(25(28)34)17-6-7-19(36)29-22(17)18(12-38)30(39)49-29/h6-7,16,20-21,42H,2-5,8-11,13-15,39H2,1H3/t16-,20?,21?,33?/m1/s1. The van der Waals surface area contributed by atoms with E-state index >= 15 is 8.78 Å². The number of thiophene rings is 1. The molecule has 11 nitrogen and oxygen atoms in total. The maximum atomic E-state index is 17.3. The Bertz CT molecular complexity index is 2220. The van der Waals surface area contributed by atoms with Gasteiger partial charge in [0.15, 0.2) is 11.6 Å². The Labute approximate surface area is 295 Å². The number of rotatable bonds is 6. The molecule has 0 saturated carbocycles. The molecule has 8 rings (SSSR count). The molecule has 2 aromatic heterocycles. The number of nitrogens with zero attached hydrogens (tertiary/aromatic N) is 5. The van der Waals surface area contributed by atoms with Crippen molar-refractivity contribution in [2.45, 2.75) is 62.3 Å². The largest absolute Gasteiger partial charge is 0.489 e. The predicted molar refractivity (Wildman–Crippen MR) is 185 cm³/mol. The van der Waals surface area contributed by atoms with Crippen molar-refractivity contribution < 1.29 is 31.1 Å². The van der Waals surface area contributed by atoms with Crippen molar-refractivity contribution in [3.05, 3.63) is 34.4 Å². The van der Waals surface area contributed by atoms with E-state index in [9.17, 15) is 18.1 Å². The summed E-state index contributed by atoms with van der Waals surface area (Å²) >= 11 is 7.93. The van der Waals surface area contributed by atoms with Crippen molar-refractivity contribution >= 4 is 64.8 Å². The first kappa shape index (κ1) is 33.5. The van der Waals surface area contributed by atoms with Gasteiger partial charge in [-0.2, -0.15) is 15.2 Å². The number of ether oxygens (including phenoxy) is 2. The van der Waals surface area contributed by atoms with E-state index in [0.717, 1.165) is 43.0 Å². The highest BCUT2D eigenvalue weighted by Gasteiger charge is 2.49. The van der Waals surface area contributed by atoms with E-state index in [0.29, 0.717) is 38.8 Å². The van der Waals surface area contributed by atoms with E-state index in [-0.39, 0.29) is 78.5 Å². The molecular weight excluding hydrogens is 715 g/mol. The first-order valence-electron chi connectivity index (χ1n) is 16.4. The molecule has 17 heteroatoms. The Morgan fingerprint density at radius 1 is 1.24 bits per heavy atom. The third-order valence-corrected chi connectivity index (χ3v) is 12.6. The van der Waals surface area contributed by atoms with E-state index < -0.39 is 45.5 Å². The molecule has 3 unspecified atom stereocenters. The number of fused-ring (bicyclic) bond motifs is 4. The molecule has 264 valence electrons. The van der Waals surface area contributed by atoms with Crippen molar-refractivity contribution in [3.63, 3.8) is 0 Å². The van der Waals surface area contributed by atoms with Gasteiger partial charge in [0.1, 0.15) is 47.6 Å². The second-order valence-corrected chi connectivity index (χ2v) is 16.8. The molecule has 3 saturated heterocycles. The molecule has 3 N–H and O–H groups in total. The van der Waals surface area contributed by atoms with Gasteiger partial charge in [0.2, 0.25) is 10.0 Å². The van der Waals surface area contributed by atoms with E-state index in [1.54, 1.807) is 0 Å². The summed E-state index contributed by atoms with van der Waals surface area (Å²) in [5.41, 5.74) is 5.30. The van der Waals surface area contributed by atoms with Crippen LogP contribution in [0.3, 0.4) is 0 Å². The number of hydrogen-bond donors (Lipinski definition) is 2. The van der Waals surface area contributed by atoms with E-state index in [1.165, 1.54) is 6.07 Å². The molecule has 4 atom stereocenters. The molecule has 6 heterocycles. The molecule has 0 spiro atoms. The zero-order chi connectivity index (χ0) is 35.1. The number of anilines is 2. The second kappa shape index (κ2) is 12.3. The first-order chi connectivity index (χ1) is 23.9. The zero-order valence-electron chi connectivity index (χ0n) is 26.9. The average Bonchev–Trinajstić information content (AvgIpc) is 3.61. The summed E-state index contributed by atoms with van der Waals surface area (Å²) in [6, 6.07) is 3.21. The quantitative estimate of drug-likeness (QED) is 0.259. The van der Waals surface area contributed by atoms with Crippen molar-refractivity contribution in [3.8, 4) is 29.0 Å². The van der Waals surface area contributed by atoms with Crippen molar-refractivity contribution in [2.75, 3.05) is 49.7 Å². The molecule has 4 aromatic rings. The maximum Gasteiger partial charge on any atom is 0.319 e. The highest BCUT2D eigenvalue weighted by atomic mass is 35.5. The SMILES string of the molecule is CS(=O)(=O)NC1CCCCN2c3nc(OCC45CCCN4C[C@H](F)C5)nc4c(F)c(-c5ccc(F)c6sc(N)c(C#N)c56)c(Cl)c(c34)OCC12. The smallest absolute Gasteiger partial charge is 0.319 e. The van der Waals surface area contributed by atoms with Crippen LogP contribution in [0, 0.1) is 23.0 Å². The number of alkyl halides is 1. The number of halogens is 4. The third-order valence-electron chi connectivity index (χ3n) is 10.4. The third kappa shape index (κ3) is 5.40. The average molecular weight is 748 g/mol. The normalized spacial score (nSPS) is 25.2. The number of nitrogens with two attached hydrogens (primary N) is 1. The molecular formula is C33H33ClF3N7O4S2. The van der Waals surface area contributed by atoms with Gasteiger partial charge in [0, 0.05) is 36.5 Å². The van der Waals surface area contributed by atoms with Crippen LogP contribution in [0.5, 0.6) is 11.8 Å². The van der Waals surface area contributed by atoms with Crippen LogP contribution in [0.25, 0.3) is 32.1 Å². The minimum atomic E-state index is -3.63. The lowest BCUT2D eigenvalue weighted by molar-refractivity contribution is 0.107. The summed E-state index contributed by atoms with van der Waals surface area (Å²) < 4.78 is 87.3. The highest BCUT2D eigenvalue weighted by molar-refractivity contribution is 7.88. The van der Waals surface area contributed by atoms with Gasteiger partial charge in [-0.05, 0) is 43.9 Å². The van der Waals surface area contributed by atoms with Crippen LogP contribution in [0.4, 0.5) is 24.0 Å². The summed E-state index contributed by atoms with van der Waals surface area (Å²) in [5, 5.41) is 10.2. The molecule has 50 heavy (non-hydrogen) atoms. The number of sulfonamides is 1. The fraction of sp³-hybridized carbons (Fsp3) is 0.485. The summed E-state index contributed by atoms with van der Waals surface area (Å²) in [5.74, 6) is -1.19. The number of nitriles is 1. The van der Waals surface area contributed by atoms with Crippen LogP contribution in [-0.4, -0.2) is 86.2 Å². The Morgan fingerprint density at radius 3 is 2.84 bits per heavy atom. The predicted octanol–water partition coefficient (Wildman–Crippen LogP) is 5.52. The monoisotopic (exact) mass is 747 g/mol. The Balaban J connectivity index is 1.35. The van der Waals surface area contributed by atoms with Gasteiger partial charge in [-0.25, -0.2) is 26.3 Å². The van der Waals surface area contributed by atoms with Crippen LogP contribution >= 0.6 is 22.9 Å². The minimum absolute atomic E-state index is 0.0135. The lowest BCUT2D eigenvalue weighted by Gasteiger charge is -2.34. The fourth-order valence-corrected chi connectivity index (χ4v) is 10.4. The minimum Gasteiger partial charge on any atom is -0.489 e. The Hall–Kier alpha value is -3.62. The van der Waals surface area contributed by atoms with Gasteiger partial charge in [-0.1, -0.05) is 24.1 Å². The second-order valence-electron chi connectivity index (χ2n) is 13.6. The molecule has 0 aliphatic carbocycles. The van der Waals surface area contributed by atoms with E-state index in [4.69, 9.17) is 31.8 Å². The molecule has 0 amide bonds. The van der Waals surface area contributed by atoms with Crippen molar-refractivity contribution in [2.24, 2.45) is 0 Å². The zero-order valence-corrected chi connectivity index (χ0v) is 29.3. The van der Waals surface area contributed by atoms with Gasteiger partial charge < -0.3 is 20.1 Å². The summed E-state index contributed by atoms with van der Waals surface area (Å²) in [6.45, 7) is 1.56. The molecule has 3 fully saturated rings. The van der Waals surface area contributed by atoms with Crippen LogP contribution in [0.15, 0.2) is 12.1 Å². The maximum absolute atomic E-state index is 17.3. The Kier molecular flexibility index (Phi) is 8.22. The van der Waals surface area contributed by atoms with Crippen LogP contribution in [-0.2, 0) is 10.0 Å². The van der Waals surface area contributed by atoms with Crippen LogP contribution in [0.1, 0.15) is 44.1 Å². The van der Waals surface area contributed by atoms with Crippen LogP contribution < -0.4 is 24.8 Å². The lowest BCUT2D eigenvalue weighted by Crippen LogP contribution is -2.53. The highest BCUT2D eigenvalue weighted by Crippen LogP contribution is 2.51. The summed E-state index contributed by atoms with van der Waals surface area (Å²) in [4.78, 5) is 13.4. The molecule has 0 bridgehead atoms. The van der Waals surface area contributed by atoms with Gasteiger partial charge in [-0.3, -0.25) is 4.90 Å². The van der Waals surface area contributed by atoms with Crippen LogP contribution in [0.2, 0.25) is 5.02 Å². The van der Waals surface area contributed by atoms with Gasteiger partial charge >= 0.3 is 6.01 Å². The van der Waals surface area contributed by atoms with E-state index in [2.05, 4.69) is 14.6 Å². The van der Waals surface area contributed by atoms with E-state index in [1.807, 2.05) is 11.0 Å². The van der Waals surface area contributed by atoms with Gasteiger partial charge in [-0.15, -0.1) is 11.3 Å². The number of nitrogen functional groups attached to an aromatic ring is 1. The topological polar surface area (TPSA) is 147 Å². The number of benzene rings is 2. The lowest BCUT2D eigenvalue weighted by atomic mass is 9.95. The number of hydrogen-bond acceptors (Lipinski definition) is 11. The van der Waals surface area contributed by atoms with Crippen molar-refractivity contribution in [1.82, 2.24) is 19.6 Å². The summed E-state index contributed by atoms with van der Waals surface area (Å²) in [7, 11) is -3.63. The molecule has 2 aromatic carbocycles. The van der Waals surface area contributed by atoms with Gasteiger partial charge in [0.25, 0.3) is 0 Å². The molecule has 4 aliphatic heterocycles. The van der Waals surface area contributed by atoms with Gasteiger partial charge in [0.05, 0.1) is 38.5 Å². The number of aromatic nitrogens is 2. The van der Waals surface area contributed by atoms with Crippen molar-refractivity contribution in [1.29, 1.82) is 5.26 Å². The molecule has 4 aliphatic rings. The molecule has 0 radical (unpaired) electrons. The Morgan fingerprint density at radius 2 is 2.06 bits per heavy atom. The first-order valence-corrected chi connectivity index (χ1v) is 19.5. The fourth-order valence-electron chi connectivity index (χ4n) is 8.31. The number of nitrogens with one attached hydrogen (secondary N) is 1. The summed E-state index contributed by atoms with van der Waals surface area (Å²) in [6.07, 6.45) is 3.95.